The fourth-order valence-corrected chi connectivity index (χ4v) is 3.80. The highest BCUT2D eigenvalue weighted by molar-refractivity contribution is 7.99. The maximum absolute atomic E-state index is 13.1. The Balaban J connectivity index is 1.69. The molecule has 0 aliphatic heterocycles. The van der Waals surface area contributed by atoms with E-state index in [2.05, 4.69) is 21.6 Å². The van der Waals surface area contributed by atoms with Gasteiger partial charge in [-0.1, -0.05) is 23.9 Å². The third-order valence-electron chi connectivity index (χ3n) is 4.35. The van der Waals surface area contributed by atoms with Crippen molar-refractivity contribution in [3.05, 3.63) is 65.7 Å². The number of thioether (sulfide) groups is 1. The minimum absolute atomic E-state index is 0.0362. The van der Waals surface area contributed by atoms with E-state index in [-0.39, 0.29) is 23.5 Å². The Bertz CT molecular complexity index is 1090. The van der Waals surface area contributed by atoms with Gasteiger partial charge in [0.1, 0.15) is 17.6 Å². The first-order valence-corrected chi connectivity index (χ1v) is 10.7. The molecule has 1 unspecified atom stereocenters. The highest BCUT2D eigenvalue weighted by Gasteiger charge is 2.22. The van der Waals surface area contributed by atoms with E-state index < -0.39 is 6.10 Å². The van der Waals surface area contributed by atoms with Crippen LogP contribution >= 0.6 is 11.8 Å². The molecule has 0 radical (unpaired) electrons. The van der Waals surface area contributed by atoms with E-state index >= 15 is 0 Å². The maximum Gasteiger partial charge on any atom is 0.234 e. The highest BCUT2D eigenvalue weighted by Crippen LogP contribution is 2.28. The number of hydrogen-bond donors (Lipinski definition) is 1. The van der Waals surface area contributed by atoms with Crippen LogP contribution in [0.15, 0.2) is 53.7 Å². The number of anilines is 1. The summed E-state index contributed by atoms with van der Waals surface area (Å²) in [4.78, 5) is 12.4. The Kier molecular flexibility index (Phi) is 7.26. The van der Waals surface area contributed by atoms with Crippen molar-refractivity contribution in [2.24, 2.45) is 0 Å². The molecule has 0 aliphatic carbocycles. The summed E-state index contributed by atoms with van der Waals surface area (Å²) in [6.45, 7) is 5.82. The first-order chi connectivity index (χ1) is 14.9. The molecule has 0 fully saturated rings. The van der Waals surface area contributed by atoms with Gasteiger partial charge in [-0.2, -0.15) is 5.26 Å². The van der Waals surface area contributed by atoms with Gasteiger partial charge < -0.3 is 14.6 Å². The van der Waals surface area contributed by atoms with Crippen molar-refractivity contribution in [2.45, 2.75) is 38.1 Å². The number of nitrogens with zero attached hydrogens (tertiary/aromatic N) is 4. The van der Waals surface area contributed by atoms with Crippen LogP contribution in [0.2, 0.25) is 0 Å². The molecule has 1 heterocycles. The first-order valence-electron chi connectivity index (χ1n) is 9.67. The molecule has 0 bridgehead atoms. The fourth-order valence-electron chi connectivity index (χ4n) is 2.93. The fraction of sp³-hybridized carbons (Fsp3) is 0.273. The Labute approximate surface area is 184 Å². The molecule has 7 nitrogen and oxygen atoms in total. The summed E-state index contributed by atoms with van der Waals surface area (Å²) >= 11 is 1.25. The second kappa shape index (κ2) is 10.1. The van der Waals surface area contributed by atoms with Crippen LogP contribution in [-0.4, -0.2) is 26.4 Å². The Morgan fingerprint density at radius 2 is 1.90 bits per heavy atom. The number of ether oxygens (including phenoxy) is 1. The lowest BCUT2D eigenvalue weighted by atomic mass is 10.2. The molecule has 3 aromatic rings. The van der Waals surface area contributed by atoms with Crippen LogP contribution in [0.5, 0.6) is 5.75 Å². The first kappa shape index (κ1) is 22.3. The third kappa shape index (κ3) is 5.61. The smallest absolute Gasteiger partial charge is 0.234 e. The Hall–Kier alpha value is -3.38. The van der Waals surface area contributed by atoms with Crippen LogP contribution < -0.4 is 10.1 Å². The van der Waals surface area contributed by atoms with E-state index in [1.165, 1.54) is 23.9 Å². The van der Waals surface area contributed by atoms with Gasteiger partial charge in [0.15, 0.2) is 17.1 Å². The van der Waals surface area contributed by atoms with Crippen molar-refractivity contribution >= 4 is 23.4 Å². The van der Waals surface area contributed by atoms with Crippen LogP contribution in [0, 0.1) is 17.1 Å². The summed E-state index contributed by atoms with van der Waals surface area (Å²) in [6.07, 6.45) is -0.425. The molecule has 1 aromatic heterocycles. The van der Waals surface area contributed by atoms with E-state index in [1.54, 1.807) is 36.4 Å². The quantitative estimate of drug-likeness (QED) is 0.510. The summed E-state index contributed by atoms with van der Waals surface area (Å²) < 4.78 is 20.9. The van der Waals surface area contributed by atoms with Crippen LogP contribution in [0.1, 0.15) is 44.3 Å². The second-order valence-corrected chi connectivity index (χ2v) is 7.96. The summed E-state index contributed by atoms with van der Waals surface area (Å²) in [7, 11) is 0. The lowest BCUT2D eigenvalue weighted by Gasteiger charge is -2.18. The van der Waals surface area contributed by atoms with Crippen molar-refractivity contribution in [2.75, 3.05) is 11.1 Å². The van der Waals surface area contributed by atoms with Gasteiger partial charge in [-0.15, -0.1) is 10.2 Å². The molecule has 2 aromatic carbocycles. The predicted octanol–water partition coefficient (Wildman–Crippen LogP) is 4.74. The zero-order valence-corrected chi connectivity index (χ0v) is 18.2. The number of hydrogen-bond acceptors (Lipinski definition) is 6. The van der Waals surface area contributed by atoms with Gasteiger partial charge in [-0.25, -0.2) is 4.39 Å². The molecule has 1 N–H and O–H groups in total. The van der Waals surface area contributed by atoms with Crippen LogP contribution in [0.4, 0.5) is 10.1 Å². The topological polar surface area (TPSA) is 92.8 Å². The standard InChI is InChI=1S/C22H22FN5O2S/c1-14(2)28-21(15(3)30-18-10-8-17(23)9-11-18)26-27-22(28)31-13-20(29)25-19-7-5-4-6-16(19)12-24/h4-11,14-15H,13H2,1-3H3,(H,25,29). The molecule has 3 rings (SSSR count). The normalized spacial score (nSPS) is 11.7. The van der Waals surface area contributed by atoms with Crippen molar-refractivity contribution in [3.8, 4) is 11.8 Å². The zero-order chi connectivity index (χ0) is 22.4. The predicted molar refractivity (Wildman–Crippen MR) is 116 cm³/mol. The number of halogens is 1. The molecule has 0 aliphatic rings. The Morgan fingerprint density at radius 1 is 1.19 bits per heavy atom. The minimum Gasteiger partial charge on any atom is -0.483 e. The van der Waals surface area contributed by atoms with Gasteiger partial charge in [-0.05, 0) is 57.2 Å². The minimum atomic E-state index is -0.425. The van der Waals surface area contributed by atoms with Crippen LogP contribution in [0.3, 0.4) is 0 Å². The number of nitrogens with one attached hydrogen (secondary N) is 1. The van der Waals surface area contributed by atoms with Crippen LogP contribution in [-0.2, 0) is 4.79 Å². The average molecular weight is 440 g/mol. The maximum atomic E-state index is 13.1. The number of nitriles is 1. The van der Waals surface area contributed by atoms with Crippen LogP contribution in [0.25, 0.3) is 0 Å². The monoisotopic (exact) mass is 439 g/mol. The molecular weight excluding hydrogens is 417 g/mol. The van der Waals surface area contributed by atoms with E-state index in [0.717, 1.165) is 0 Å². The largest absolute Gasteiger partial charge is 0.483 e. The van der Waals surface area contributed by atoms with Crippen molar-refractivity contribution in [1.29, 1.82) is 5.26 Å². The summed E-state index contributed by atoms with van der Waals surface area (Å²) in [5, 5.41) is 21.0. The summed E-state index contributed by atoms with van der Waals surface area (Å²) in [6, 6.07) is 14.7. The van der Waals surface area contributed by atoms with E-state index in [0.29, 0.717) is 28.0 Å². The van der Waals surface area contributed by atoms with E-state index in [9.17, 15) is 9.18 Å². The summed E-state index contributed by atoms with van der Waals surface area (Å²) in [5.74, 6) is 0.662. The number of amides is 1. The molecule has 1 atom stereocenters. The zero-order valence-electron chi connectivity index (χ0n) is 17.4. The van der Waals surface area contributed by atoms with Gasteiger partial charge in [0.25, 0.3) is 0 Å². The van der Waals surface area contributed by atoms with Gasteiger partial charge in [0.05, 0.1) is 17.0 Å². The number of aromatic nitrogens is 3. The van der Waals surface area contributed by atoms with E-state index in [4.69, 9.17) is 10.00 Å². The Morgan fingerprint density at radius 3 is 2.58 bits per heavy atom. The molecule has 160 valence electrons. The summed E-state index contributed by atoms with van der Waals surface area (Å²) in [5.41, 5.74) is 0.878. The van der Waals surface area contributed by atoms with E-state index in [1.807, 2.05) is 25.3 Å². The molecular formula is C22H22FN5O2S. The molecule has 0 spiro atoms. The number of rotatable bonds is 8. The van der Waals surface area contributed by atoms with Crippen molar-refractivity contribution in [3.63, 3.8) is 0 Å². The van der Waals surface area contributed by atoms with Gasteiger partial charge in [0, 0.05) is 6.04 Å². The number of para-hydroxylation sites is 1. The third-order valence-corrected chi connectivity index (χ3v) is 5.29. The number of carbonyl (C=O) groups excluding carboxylic acids is 1. The van der Waals surface area contributed by atoms with Crippen molar-refractivity contribution < 1.29 is 13.9 Å². The second-order valence-electron chi connectivity index (χ2n) is 7.01. The number of carbonyl (C=O) groups is 1. The molecule has 0 saturated heterocycles. The SMILES string of the molecule is CC(Oc1ccc(F)cc1)c1nnc(SCC(=O)Nc2ccccc2C#N)n1C(C)C. The van der Waals surface area contributed by atoms with Gasteiger partial charge in [-0.3, -0.25) is 4.79 Å². The molecule has 1 amide bonds. The van der Waals surface area contributed by atoms with Crippen molar-refractivity contribution in [1.82, 2.24) is 14.8 Å². The molecule has 31 heavy (non-hydrogen) atoms. The molecule has 0 saturated carbocycles. The average Bonchev–Trinajstić information content (AvgIpc) is 3.19. The van der Waals surface area contributed by atoms with Gasteiger partial charge in [0.2, 0.25) is 5.91 Å². The van der Waals surface area contributed by atoms with Gasteiger partial charge >= 0.3 is 0 Å². The lowest BCUT2D eigenvalue weighted by Crippen LogP contribution is -2.17. The highest BCUT2D eigenvalue weighted by atomic mass is 32.2. The molecule has 9 heteroatoms. The number of benzene rings is 2. The lowest BCUT2D eigenvalue weighted by molar-refractivity contribution is -0.113.